The zero-order valence-electron chi connectivity index (χ0n) is 18.3. The standard InChI is InChI=1S/C26H22O6S/c1-26(2)13-12-17-19(32-26)14-20(31-3)23(24(17)28)18(27)9-6-15-4-7-16(8-5-15)21-10-11-22(33-21)25(29)30/h4-14,28H,1-3H3,(H,29,30)/b9-6+. The molecule has 1 aliphatic heterocycles. The molecule has 4 rings (SSSR count). The maximum atomic E-state index is 12.9. The Bertz CT molecular complexity index is 1300. The van der Waals surface area contributed by atoms with Gasteiger partial charge in [0.05, 0.1) is 12.7 Å². The van der Waals surface area contributed by atoms with Crippen LogP contribution in [-0.4, -0.2) is 34.7 Å². The van der Waals surface area contributed by atoms with Gasteiger partial charge in [-0.3, -0.25) is 4.79 Å². The number of ether oxygens (including phenoxy) is 2. The molecule has 6 nitrogen and oxygen atoms in total. The summed E-state index contributed by atoms with van der Waals surface area (Å²) in [7, 11) is 1.44. The van der Waals surface area contributed by atoms with E-state index in [4.69, 9.17) is 14.6 Å². The van der Waals surface area contributed by atoms with Crippen LogP contribution in [0.1, 0.15) is 45.0 Å². The van der Waals surface area contributed by atoms with Crippen molar-refractivity contribution in [3.63, 3.8) is 0 Å². The van der Waals surface area contributed by atoms with Crippen LogP contribution in [0, 0.1) is 0 Å². The number of aromatic hydroxyl groups is 1. The number of benzene rings is 2. The minimum Gasteiger partial charge on any atom is -0.506 e. The monoisotopic (exact) mass is 462 g/mol. The van der Waals surface area contributed by atoms with Crippen LogP contribution in [0.2, 0.25) is 0 Å². The maximum absolute atomic E-state index is 12.9. The smallest absolute Gasteiger partial charge is 0.345 e. The molecule has 0 saturated carbocycles. The fourth-order valence-corrected chi connectivity index (χ4v) is 4.36. The summed E-state index contributed by atoms with van der Waals surface area (Å²) < 4.78 is 11.2. The highest BCUT2D eigenvalue weighted by Crippen LogP contribution is 2.43. The van der Waals surface area contributed by atoms with E-state index in [1.807, 2.05) is 44.2 Å². The lowest BCUT2D eigenvalue weighted by molar-refractivity contribution is 0.0702. The Morgan fingerprint density at radius 1 is 1.12 bits per heavy atom. The Balaban J connectivity index is 1.58. The van der Waals surface area contributed by atoms with E-state index >= 15 is 0 Å². The number of carbonyl (C=O) groups excluding carboxylic acids is 1. The first kappa shape index (κ1) is 22.4. The fourth-order valence-electron chi connectivity index (χ4n) is 3.50. The van der Waals surface area contributed by atoms with E-state index in [1.54, 1.807) is 30.4 Å². The van der Waals surface area contributed by atoms with Gasteiger partial charge in [0.2, 0.25) is 0 Å². The number of rotatable bonds is 6. The molecule has 1 aromatic heterocycles. The number of carboxylic acids is 1. The number of hydrogen-bond acceptors (Lipinski definition) is 6. The Kier molecular flexibility index (Phi) is 5.82. The first-order valence-electron chi connectivity index (χ1n) is 10.2. The molecule has 0 saturated heterocycles. The molecule has 0 aliphatic carbocycles. The molecule has 0 bridgehead atoms. The molecule has 2 aromatic carbocycles. The van der Waals surface area contributed by atoms with Crippen LogP contribution >= 0.6 is 11.3 Å². The molecule has 0 radical (unpaired) electrons. The van der Waals surface area contributed by atoms with Crippen LogP contribution in [0.25, 0.3) is 22.6 Å². The van der Waals surface area contributed by atoms with Gasteiger partial charge in [0.25, 0.3) is 0 Å². The minimum absolute atomic E-state index is 0.0665. The molecule has 0 spiro atoms. The van der Waals surface area contributed by atoms with Crippen LogP contribution in [0.5, 0.6) is 17.2 Å². The van der Waals surface area contributed by atoms with Crippen molar-refractivity contribution in [2.75, 3.05) is 7.11 Å². The van der Waals surface area contributed by atoms with Gasteiger partial charge in [-0.2, -0.15) is 0 Å². The summed E-state index contributed by atoms with van der Waals surface area (Å²) in [4.78, 5) is 25.1. The quantitative estimate of drug-likeness (QED) is 0.350. The third kappa shape index (κ3) is 4.54. The van der Waals surface area contributed by atoms with E-state index in [0.29, 0.717) is 11.3 Å². The Hall–Kier alpha value is -3.84. The highest BCUT2D eigenvalue weighted by molar-refractivity contribution is 7.17. The summed E-state index contributed by atoms with van der Waals surface area (Å²) in [5.41, 5.74) is 1.65. The molecule has 7 heteroatoms. The number of carboxylic acid groups (broad SMARTS) is 1. The van der Waals surface area contributed by atoms with Crippen molar-refractivity contribution in [3.05, 3.63) is 76.2 Å². The number of carbonyl (C=O) groups is 2. The topological polar surface area (TPSA) is 93.1 Å². The lowest BCUT2D eigenvalue weighted by Crippen LogP contribution is -2.27. The largest absolute Gasteiger partial charge is 0.506 e. The number of aromatic carboxylic acids is 1. The van der Waals surface area contributed by atoms with Crippen LogP contribution in [0.3, 0.4) is 0 Å². The molecule has 2 heterocycles. The first-order chi connectivity index (χ1) is 15.7. The maximum Gasteiger partial charge on any atom is 0.345 e. The van der Waals surface area contributed by atoms with Gasteiger partial charge in [-0.05, 0) is 55.3 Å². The highest BCUT2D eigenvalue weighted by Gasteiger charge is 2.28. The van der Waals surface area contributed by atoms with Crippen molar-refractivity contribution >= 4 is 35.2 Å². The van der Waals surface area contributed by atoms with E-state index in [1.165, 1.54) is 24.5 Å². The molecule has 0 amide bonds. The average molecular weight is 463 g/mol. The zero-order valence-corrected chi connectivity index (χ0v) is 19.1. The number of thiophene rings is 1. The van der Waals surface area contributed by atoms with Gasteiger partial charge in [0.15, 0.2) is 5.78 Å². The summed E-state index contributed by atoms with van der Waals surface area (Å²) >= 11 is 1.20. The summed E-state index contributed by atoms with van der Waals surface area (Å²) in [5.74, 6) is -0.857. The van der Waals surface area contributed by atoms with E-state index < -0.39 is 17.4 Å². The average Bonchev–Trinajstić information content (AvgIpc) is 3.27. The van der Waals surface area contributed by atoms with Crippen LogP contribution in [0.15, 0.2) is 54.6 Å². The van der Waals surface area contributed by atoms with Crippen molar-refractivity contribution in [3.8, 4) is 27.7 Å². The third-order valence-corrected chi connectivity index (χ3v) is 6.32. The Morgan fingerprint density at radius 3 is 2.48 bits per heavy atom. The van der Waals surface area contributed by atoms with Crippen LogP contribution < -0.4 is 9.47 Å². The summed E-state index contributed by atoms with van der Waals surface area (Å²) in [6.07, 6.45) is 6.59. The Labute approximate surface area is 195 Å². The van der Waals surface area contributed by atoms with Crippen molar-refractivity contribution in [1.29, 1.82) is 0 Å². The van der Waals surface area contributed by atoms with Gasteiger partial charge in [0.1, 0.15) is 33.3 Å². The number of phenolic OH excluding ortho intramolecular Hbond substituents is 1. The Morgan fingerprint density at radius 2 is 1.85 bits per heavy atom. The number of fused-ring (bicyclic) bond motifs is 1. The van der Waals surface area contributed by atoms with E-state index in [9.17, 15) is 14.7 Å². The predicted molar refractivity (Wildman–Crippen MR) is 128 cm³/mol. The molecule has 3 aromatic rings. The van der Waals surface area contributed by atoms with Gasteiger partial charge in [-0.1, -0.05) is 30.3 Å². The highest BCUT2D eigenvalue weighted by atomic mass is 32.1. The summed E-state index contributed by atoms with van der Waals surface area (Å²) in [6, 6.07) is 12.4. The SMILES string of the molecule is COc1cc2c(c(O)c1C(=O)/C=C/c1ccc(-c3ccc(C(=O)O)s3)cc1)C=CC(C)(C)O2. The second-order valence-corrected chi connectivity index (χ2v) is 9.13. The molecule has 33 heavy (non-hydrogen) atoms. The second-order valence-electron chi connectivity index (χ2n) is 8.04. The minimum atomic E-state index is -0.948. The first-order valence-corrected chi connectivity index (χ1v) is 11.0. The van der Waals surface area contributed by atoms with Crippen molar-refractivity contribution < 1.29 is 29.3 Å². The molecular weight excluding hydrogens is 440 g/mol. The van der Waals surface area contributed by atoms with E-state index in [0.717, 1.165) is 16.0 Å². The van der Waals surface area contributed by atoms with Gasteiger partial charge in [-0.25, -0.2) is 4.79 Å². The molecular formula is C26H22O6S. The zero-order chi connectivity index (χ0) is 23.8. The fraction of sp³-hybridized carbons (Fsp3) is 0.154. The number of ketones is 1. The van der Waals surface area contributed by atoms with Crippen LogP contribution in [-0.2, 0) is 0 Å². The number of phenols is 1. The van der Waals surface area contributed by atoms with Gasteiger partial charge in [-0.15, -0.1) is 11.3 Å². The second kappa shape index (κ2) is 8.60. The lowest BCUT2D eigenvalue weighted by atomic mass is 9.97. The summed E-state index contributed by atoms with van der Waals surface area (Å²) in [5, 5.41) is 19.9. The molecule has 0 atom stereocenters. The molecule has 0 fully saturated rings. The number of methoxy groups -OCH3 is 1. The van der Waals surface area contributed by atoms with Crippen molar-refractivity contribution in [2.45, 2.75) is 19.4 Å². The number of allylic oxidation sites excluding steroid dienone is 1. The van der Waals surface area contributed by atoms with Crippen LogP contribution in [0.4, 0.5) is 0 Å². The lowest BCUT2D eigenvalue weighted by Gasteiger charge is -2.29. The molecule has 1 aliphatic rings. The molecule has 2 N–H and O–H groups in total. The van der Waals surface area contributed by atoms with Gasteiger partial charge >= 0.3 is 5.97 Å². The molecule has 168 valence electrons. The number of hydrogen-bond donors (Lipinski definition) is 2. The van der Waals surface area contributed by atoms with Gasteiger partial charge < -0.3 is 19.7 Å². The van der Waals surface area contributed by atoms with Gasteiger partial charge in [0, 0.05) is 10.9 Å². The third-order valence-electron chi connectivity index (χ3n) is 5.20. The normalized spacial score (nSPS) is 14.0. The van der Waals surface area contributed by atoms with E-state index in [2.05, 4.69) is 0 Å². The van der Waals surface area contributed by atoms with Crippen molar-refractivity contribution in [2.24, 2.45) is 0 Å². The van der Waals surface area contributed by atoms with Crippen molar-refractivity contribution in [1.82, 2.24) is 0 Å². The molecule has 0 unspecified atom stereocenters. The summed E-state index contributed by atoms with van der Waals surface area (Å²) in [6.45, 7) is 3.79. The van der Waals surface area contributed by atoms with E-state index in [-0.39, 0.29) is 21.9 Å². The predicted octanol–water partition coefficient (Wildman–Crippen LogP) is 5.91.